The number of hydrogen-bond acceptors (Lipinski definition) is 5. The van der Waals surface area contributed by atoms with E-state index in [1.807, 2.05) is 24.5 Å². The molecule has 5 nitrogen and oxygen atoms in total. The minimum atomic E-state index is -0.680. The predicted molar refractivity (Wildman–Crippen MR) is 162 cm³/mol. The number of methoxy groups -OCH3 is 1. The summed E-state index contributed by atoms with van der Waals surface area (Å²) in [5.74, 6) is 0.568. The maximum atomic E-state index is 13.6. The summed E-state index contributed by atoms with van der Waals surface area (Å²) in [4.78, 5) is 26.1. The highest BCUT2D eigenvalue weighted by Gasteiger charge is 2.28. The molecule has 0 saturated heterocycles. The average molecular weight is 554 g/mol. The summed E-state index contributed by atoms with van der Waals surface area (Å²) in [7, 11) is 1.36. The van der Waals surface area contributed by atoms with E-state index in [0.717, 1.165) is 41.0 Å². The van der Waals surface area contributed by atoms with Crippen LogP contribution in [0, 0.1) is 12.8 Å². The van der Waals surface area contributed by atoms with Gasteiger partial charge in [-0.1, -0.05) is 75.8 Å². The van der Waals surface area contributed by atoms with Crippen molar-refractivity contribution >= 4 is 23.6 Å². The van der Waals surface area contributed by atoms with Crippen molar-refractivity contribution in [3.63, 3.8) is 0 Å². The number of ether oxygens (including phenoxy) is 2. The van der Waals surface area contributed by atoms with E-state index in [9.17, 15) is 9.59 Å². The fourth-order valence-corrected chi connectivity index (χ4v) is 6.05. The Bertz CT molecular complexity index is 1050. The number of hydrogen-bond donors (Lipinski definition) is 1. The number of aryl methyl sites for hydroxylation is 1. The van der Waals surface area contributed by atoms with Crippen LogP contribution in [0.4, 0.5) is 0 Å². The maximum Gasteiger partial charge on any atom is 0.328 e. The van der Waals surface area contributed by atoms with Gasteiger partial charge in [-0.25, -0.2) is 4.79 Å². The van der Waals surface area contributed by atoms with Crippen LogP contribution in [0.2, 0.25) is 0 Å². The Morgan fingerprint density at radius 2 is 1.79 bits per heavy atom. The molecule has 6 heteroatoms. The van der Waals surface area contributed by atoms with Gasteiger partial charge in [0.15, 0.2) is 0 Å². The van der Waals surface area contributed by atoms with Crippen molar-refractivity contribution in [2.45, 2.75) is 90.2 Å². The van der Waals surface area contributed by atoms with Crippen LogP contribution >= 0.6 is 11.8 Å². The van der Waals surface area contributed by atoms with Gasteiger partial charge in [-0.05, 0) is 84.9 Å². The number of carbonyl (C=O) groups excluding carboxylic acids is 2. The van der Waals surface area contributed by atoms with Crippen LogP contribution in [0.5, 0.6) is 0 Å². The molecular weight excluding hydrogens is 506 g/mol. The summed E-state index contributed by atoms with van der Waals surface area (Å²) in [6.07, 6.45) is 13.4. The standard InChI is InChI=1S/C33H47NO4S/c1-5-6-7-13-21-38-31(25-15-9-8-10-16-25)26-18-19-28(29(23-26)27-17-12-11-14-24(27)2)32(35)34-30(20-22-39-4)33(36)37-3/h11-12,14,17-19,23,25,30-31H,5-10,13,15-16,20-22H2,1-4H3,(H,34,35)/t30-,31?/m0/s1. The molecule has 0 bridgehead atoms. The molecule has 39 heavy (non-hydrogen) atoms. The second-order valence-electron chi connectivity index (χ2n) is 10.7. The molecule has 1 aliphatic rings. The van der Waals surface area contributed by atoms with Gasteiger partial charge in [-0.3, -0.25) is 4.79 Å². The van der Waals surface area contributed by atoms with Crippen molar-refractivity contribution < 1.29 is 19.1 Å². The third-order valence-corrected chi connectivity index (χ3v) is 8.47. The molecule has 0 heterocycles. The highest BCUT2D eigenvalue weighted by Crippen LogP contribution is 2.39. The lowest BCUT2D eigenvalue weighted by molar-refractivity contribution is -0.142. The Hall–Kier alpha value is -2.31. The van der Waals surface area contributed by atoms with Gasteiger partial charge >= 0.3 is 5.97 Å². The quantitative estimate of drug-likeness (QED) is 0.179. The van der Waals surface area contributed by atoms with Gasteiger partial charge < -0.3 is 14.8 Å². The summed E-state index contributed by atoms with van der Waals surface area (Å²) >= 11 is 1.64. The van der Waals surface area contributed by atoms with Gasteiger partial charge in [0.05, 0.1) is 13.2 Å². The first-order chi connectivity index (χ1) is 19.0. The van der Waals surface area contributed by atoms with Crippen LogP contribution < -0.4 is 5.32 Å². The Kier molecular flexibility index (Phi) is 13.4. The zero-order valence-corrected chi connectivity index (χ0v) is 25.1. The lowest BCUT2D eigenvalue weighted by atomic mass is 9.81. The van der Waals surface area contributed by atoms with Gasteiger partial charge in [-0.2, -0.15) is 11.8 Å². The van der Waals surface area contributed by atoms with E-state index in [1.54, 1.807) is 11.8 Å². The zero-order valence-electron chi connectivity index (χ0n) is 24.3. The van der Waals surface area contributed by atoms with E-state index in [2.05, 4.69) is 43.4 Å². The second kappa shape index (κ2) is 16.7. The van der Waals surface area contributed by atoms with Crippen molar-refractivity contribution in [3.8, 4) is 11.1 Å². The zero-order chi connectivity index (χ0) is 28.0. The third kappa shape index (κ3) is 9.11. The van der Waals surface area contributed by atoms with E-state index < -0.39 is 12.0 Å². The Labute approximate surface area is 239 Å². The summed E-state index contributed by atoms with van der Waals surface area (Å²) in [5, 5.41) is 2.96. The average Bonchev–Trinajstić information content (AvgIpc) is 2.97. The maximum absolute atomic E-state index is 13.6. The van der Waals surface area contributed by atoms with E-state index in [0.29, 0.717) is 17.9 Å². The molecule has 1 aliphatic carbocycles. The molecular formula is C33H47NO4S. The molecule has 0 spiro atoms. The van der Waals surface area contributed by atoms with Crippen LogP contribution in [-0.4, -0.2) is 43.6 Å². The van der Waals surface area contributed by atoms with E-state index in [1.165, 1.54) is 58.5 Å². The first-order valence-corrected chi connectivity index (χ1v) is 16.1. The number of rotatable bonds is 15. The monoisotopic (exact) mass is 553 g/mol. The molecule has 3 rings (SSSR count). The highest BCUT2D eigenvalue weighted by atomic mass is 32.2. The van der Waals surface area contributed by atoms with Crippen molar-refractivity contribution in [3.05, 3.63) is 59.2 Å². The molecule has 0 aromatic heterocycles. The van der Waals surface area contributed by atoms with Gasteiger partial charge in [0.2, 0.25) is 0 Å². The predicted octanol–water partition coefficient (Wildman–Crippen LogP) is 7.90. The summed E-state index contributed by atoms with van der Waals surface area (Å²) in [6, 6.07) is 13.6. The molecule has 0 radical (unpaired) electrons. The molecule has 2 atom stereocenters. The molecule has 1 saturated carbocycles. The van der Waals surface area contributed by atoms with Crippen LogP contribution in [0.25, 0.3) is 11.1 Å². The Morgan fingerprint density at radius 1 is 1.03 bits per heavy atom. The van der Waals surface area contributed by atoms with Gasteiger partial charge in [0, 0.05) is 12.2 Å². The molecule has 1 fully saturated rings. The second-order valence-corrected chi connectivity index (χ2v) is 11.7. The number of benzene rings is 2. The molecule has 1 unspecified atom stereocenters. The van der Waals surface area contributed by atoms with Gasteiger partial charge in [-0.15, -0.1) is 0 Å². The number of amides is 1. The topological polar surface area (TPSA) is 64.6 Å². The lowest BCUT2D eigenvalue weighted by Crippen LogP contribution is -2.42. The van der Waals surface area contributed by atoms with E-state index in [4.69, 9.17) is 9.47 Å². The number of unbranched alkanes of at least 4 members (excludes halogenated alkanes) is 3. The molecule has 2 aromatic rings. The number of thioether (sulfide) groups is 1. The largest absolute Gasteiger partial charge is 0.467 e. The van der Waals surface area contributed by atoms with Gasteiger partial charge in [0.25, 0.3) is 5.91 Å². The smallest absolute Gasteiger partial charge is 0.328 e. The molecule has 2 aromatic carbocycles. The molecule has 1 amide bonds. The van der Waals surface area contributed by atoms with E-state index >= 15 is 0 Å². The minimum Gasteiger partial charge on any atom is -0.467 e. The molecule has 214 valence electrons. The highest BCUT2D eigenvalue weighted by molar-refractivity contribution is 7.98. The fourth-order valence-electron chi connectivity index (χ4n) is 5.58. The first kappa shape index (κ1) is 31.2. The van der Waals surface area contributed by atoms with Crippen LogP contribution in [0.1, 0.15) is 98.7 Å². The molecule has 0 aliphatic heterocycles. The summed E-state index contributed by atoms with van der Waals surface area (Å²) in [6.45, 7) is 5.06. The van der Waals surface area contributed by atoms with Crippen molar-refractivity contribution in [2.24, 2.45) is 5.92 Å². The minimum absolute atomic E-state index is 0.0243. The number of esters is 1. The van der Waals surface area contributed by atoms with Gasteiger partial charge in [0.1, 0.15) is 6.04 Å². The summed E-state index contributed by atoms with van der Waals surface area (Å²) < 4.78 is 11.6. The first-order valence-electron chi connectivity index (χ1n) is 14.7. The Balaban J connectivity index is 1.97. The van der Waals surface area contributed by atoms with Crippen molar-refractivity contribution in [2.75, 3.05) is 25.7 Å². The van der Waals surface area contributed by atoms with E-state index in [-0.39, 0.29) is 12.0 Å². The van der Waals surface area contributed by atoms with Crippen molar-refractivity contribution in [1.29, 1.82) is 0 Å². The van der Waals surface area contributed by atoms with Crippen LogP contribution in [-0.2, 0) is 14.3 Å². The Morgan fingerprint density at radius 3 is 2.49 bits per heavy atom. The fraction of sp³-hybridized carbons (Fsp3) is 0.576. The number of carbonyl (C=O) groups is 2. The van der Waals surface area contributed by atoms with Crippen LogP contribution in [0.3, 0.4) is 0 Å². The summed E-state index contributed by atoms with van der Waals surface area (Å²) in [5.41, 5.74) is 4.71. The molecule has 1 N–H and O–H groups in total. The lowest BCUT2D eigenvalue weighted by Gasteiger charge is -2.31. The van der Waals surface area contributed by atoms with Crippen LogP contribution in [0.15, 0.2) is 42.5 Å². The third-order valence-electron chi connectivity index (χ3n) is 7.83. The SMILES string of the molecule is CCCCCCOC(c1ccc(C(=O)N[C@@H](CCSC)C(=O)OC)c(-c2ccccc2C)c1)C1CCCCC1. The number of nitrogens with one attached hydrogen (secondary N) is 1. The van der Waals surface area contributed by atoms with Crippen molar-refractivity contribution in [1.82, 2.24) is 5.32 Å². The normalized spacial score (nSPS) is 15.5.